The van der Waals surface area contributed by atoms with E-state index in [9.17, 15) is 30.3 Å². The van der Waals surface area contributed by atoms with Crippen LogP contribution in [0.15, 0.2) is 12.2 Å². The number of rotatable bonds is 32. The average Bonchev–Trinajstić information content (AvgIpc) is 3.10. The van der Waals surface area contributed by atoms with Crippen molar-refractivity contribution >= 4 is 5.91 Å². The minimum Gasteiger partial charge on any atom is -0.394 e. The molecule has 1 aliphatic rings. The minimum atomic E-state index is -1.48. The van der Waals surface area contributed by atoms with Gasteiger partial charge < -0.3 is 35.2 Å². The number of aliphatic hydroxyl groups excluding tert-OH is 5. The predicted molar refractivity (Wildman–Crippen MR) is 201 cm³/mol. The van der Waals surface area contributed by atoms with Crippen LogP contribution in [0, 0.1) is 5.92 Å². The van der Waals surface area contributed by atoms with Gasteiger partial charge in [-0.05, 0) is 38.0 Å². The summed E-state index contributed by atoms with van der Waals surface area (Å²) in [5, 5.41) is 51.5. The van der Waals surface area contributed by atoms with E-state index in [-0.39, 0.29) is 18.9 Å². The zero-order valence-electron chi connectivity index (χ0n) is 32.0. The monoisotopic (exact) mass is 698 g/mol. The Bertz CT molecular complexity index is 794. The average molecular weight is 698 g/mol. The molecule has 7 atom stereocenters. The van der Waals surface area contributed by atoms with Crippen LogP contribution >= 0.6 is 0 Å². The van der Waals surface area contributed by atoms with Gasteiger partial charge in [0.1, 0.15) is 24.4 Å². The molecular formula is C41H79NO7. The van der Waals surface area contributed by atoms with Crippen molar-refractivity contribution in [3.63, 3.8) is 0 Å². The fourth-order valence-corrected chi connectivity index (χ4v) is 7.14. The van der Waals surface area contributed by atoms with Gasteiger partial charge in [-0.3, -0.25) is 4.79 Å². The Morgan fingerprint density at radius 3 is 1.71 bits per heavy atom. The highest BCUT2D eigenvalue weighted by Gasteiger charge is 2.44. The van der Waals surface area contributed by atoms with Gasteiger partial charge in [0.15, 0.2) is 0 Å². The van der Waals surface area contributed by atoms with Gasteiger partial charge in [0.2, 0.25) is 5.91 Å². The molecule has 5 N–H and O–H groups in total. The van der Waals surface area contributed by atoms with Crippen LogP contribution in [-0.2, 0) is 9.53 Å². The lowest BCUT2D eigenvalue weighted by Gasteiger charge is -2.41. The lowest BCUT2D eigenvalue weighted by Crippen LogP contribution is -2.59. The molecule has 1 aliphatic heterocycles. The second-order valence-corrected chi connectivity index (χ2v) is 14.9. The molecule has 0 aliphatic carbocycles. The normalized spacial score (nSPS) is 22.5. The maximum absolute atomic E-state index is 13.7. The van der Waals surface area contributed by atoms with Gasteiger partial charge >= 0.3 is 0 Å². The summed E-state index contributed by atoms with van der Waals surface area (Å²) >= 11 is 0. The fraction of sp³-hybridized carbons (Fsp3) is 0.927. The van der Waals surface area contributed by atoms with E-state index >= 15 is 0 Å². The quantitative estimate of drug-likeness (QED) is 0.0356. The fourth-order valence-electron chi connectivity index (χ4n) is 7.14. The van der Waals surface area contributed by atoms with Crippen LogP contribution < -0.4 is 0 Å². The van der Waals surface area contributed by atoms with Crippen molar-refractivity contribution in [2.24, 2.45) is 5.92 Å². The number of ether oxygens (including phenoxy) is 1. The third-order valence-corrected chi connectivity index (χ3v) is 10.4. The van der Waals surface area contributed by atoms with E-state index in [4.69, 9.17) is 4.74 Å². The van der Waals surface area contributed by atoms with Gasteiger partial charge in [-0.15, -0.1) is 0 Å². The predicted octanol–water partition coefficient (Wildman–Crippen LogP) is 8.00. The Morgan fingerprint density at radius 2 is 1.14 bits per heavy atom. The number of carbonyl (C=O) groups excluding carboxylic acids is 1. The molecule has 0 spiro atoms. The van der Waals surface area contributed by atoms with Crippen LogP contribution in [0.25, 0.3) is 0 Å². The van der Waals surface area contributed by atoms with E-state index < -0.39 is 43.2 Å². The van der Waals surface area contributed by atoms with Crippen molar-refractivity contribution < 1.29 is 35.1 Å². The molecule has 1 rings (SSSR count). The van der Waals surface area contributed by atoms with Crippen LogP contribution in [0.2, 0.25) is 0 Å². The number of hydrogen-bond acceptors (Lipinski definition) is 7. The van der Waals surface area contributed by atoms with E-state index in [1.54, 1.807) is 4.90 Å². The molecule has 8 heteroatoms. The SMILES string of the molecule is CCCCCC=CCCCN(CC(O)C[C@@H]1O[C@H](CO)[C@@H](O)[C@H](O)[C@H]1O)C(=O)CCC(CCCCCC)CCCCCCCCCCCC. The van der Waals surface area contributed by atoms with E-state index in [0.29, 0.717) is 18.9 Å². The van der Waals surface area contributed by atoms with Gasteiger partial charge in [-0.25, -0.2) is 0 Å². The van der Waals surface area contributed by atoms with Crippen LogP contribution in [0.4, 0.5) is 0 Å². The number of hydrogen-bond donors (Lipinski definition) is 5. The summed E-state index contributed by atoms with van der Waals surface area (Å²) in [6, 6.07) is 0. The topological polar surface area (TPSA) is 131 Å². The zero-order valence-corrected chi connectivity index (χ0v) is 32.0. The van der Waals surface area contributed by atoms with Crippen molar-refractivity contribution in [1.29, 1.82) is 0 Å². The molecule has 0 aromatic rings. The molecule has 8 nitrogen and oxygen atoms in total. The number of unbranched alkanes of at least 4 members (excludes halogenated alkanes) is 16. The van der Waals surface area contributed by atoms with Crippen molar-refractivity contribution in [3.05, 3.63) is 12.2 Å². The number of aliphatic hydroxyl groups is 5. The van der Waals surface area contributed by atoms with E-state index in [1.807, 2.05) is 0 Å². The molecule has 1 amide bonds. The third-order valence-electron chi connectivity index (χ3n) is 10.4. The van der Waals surface area contributed by atoms with Crippen LogP contribution in [0.5, 0.6) is 0 Å². The summed E-state index contributed by atoms with van der Waals surface area (Å²) in [4.78, 5) is 15.5. The summed E-state index contributed by atoms with van der Waals surface area (Å²) in [6.45, 7) is 6.86. The van der Waals surface area contributed by atoms with Gasteiger partial charge in [0.25, 0.3) is 0 Å². The number of allylic oxidation sites excluding steroid dienone is 2. The number of nitrogens with zero attached hydrogens (tertiary/aromatic N) is 1. The minimum absolute atomic E-state index is 0.0125. The van der Waals surface area contributed by atoms with E-state index in [2.05, 4.69) is 32.9 Å². The second-order valence-electron chi connectivity index (χ2n) is 14.9. The lowest BCUT2D eigenvalue weighted by molar-refractivity contribution is -0.234. The van der Waals surface area contributed by atoms with Crippen molar-refractivity contribution in [1.82, 2.24) is 4.90 Å². The van der Waals surface area contributed by atoms with Gasteiger partial charge in [0, 0.05) is 25.9 Å². The first kappa shape index (κ1) is 46.0. The smallest absolute Gasteiger partial charge is 0.222 e. The molecule has 1 saturated heterocycles. The van der Waals surface area contributed by atoms with Gasteiger partial charge in [-0.1, -0.05) is 148 Å². The van der Waals surface area contributed by atoms with Crippen molar-refractivity contribution in [2.45, 2.75) is 218 Å². The first-order chi connectivity index (χ1) is 23.8. The second kappa shape index (κ2) is 30.6. The number of amides is 1. The van der Waals surface area contributed by atoms with Gasteiger partial charge in [0.05, 0.1) is 18.8 Å². The largest absolute Gasteiger partial charge is 0.394 e. The molecule has 290 valence electrons. The molecule has 0 aromatic carbocycles. The molecule has 1 fully saturated rings. The third kappa shape index (κ3) is 21.8. The van der Waals surface area contributed by atoms with Crippen molar-refractivity contribution in [3.8, 4) is 0 Å². The molecule has 2 unspecified atom stereocenters. The highest BCUT2D eigenvalue weighted by Crippen LogP contribution is 2.26. The molecule has 0 radical (unpaired) electrons. The Morgan fingerprint density at radius 1 is 0.653 bits per heavy atom. The summed E-state index contributed by atoms with van der Waals surface area (Å²) < 4.78 is 5.64. The Kier molecular flexibility index (Phi) is 28.7. The van der Waals surface area contributed by atoms with Crippen LogP contribution in [0.3, 0.4) is 0 Å². The van der Waals surface area contributed by atoms with E-state index in [1.165, 1.54) is 122 Å². The zero-order chi connectivity index (χ0) is 36.1. The molecular weight excluding hydrogens is 618 g/mol. The molecule has 49 heavy (non-hydrogen) atoms. The van der Waals surface area contributed by atoms with E-state index in [0.717, 1.165) is 25.7 Å². The highest BCUT2D eigenvalue weighted by molar-refractivity contribution is 5.76. The summed E-state index contributed by atoms with van der Waals surface area (Å²) in [7, 11) is 0. The standard InChI is InChI=1S/C41H79NO7/c1-4-7-10-13-15-17-18-19-21-24-27-34(26-23-12-9-6-3)28-29-38(45)42(30-25-22-20-16-14-11-8-5-2)32-35(44)31-36-39(46)41(48)40(47)37(33-43)49-36/h16,20,34-37,39-41,43-44,46-48H,4-15,17-19,21-33H2,1-3H3/t34?,35?,36-,37+,39-,40+,41+/m0/s1. The summed E-state index contributed by atoms with van der Waals surface area (Å²) in [5.74, 6) is 0.600. The highest BCUT2D eigenvalue weighted by atomic mass is 16.5. The lowest BCUT2D eigenvalue weighted by atomic mass is 9.90. The van der Waals surface area contributed by atoms with Gasteiger partial charge in [-0.2, -0.15) is 0 Å². The van der Waals surface area contributed by atoms with Crippen LogP contribution in [0.1, 0.15) is 181 Å². The molecule has 0 aromatic heterocycles. The Hall–Kier alpha value is -1.03. The maximum atomic E-state index is 13.7. The molecule has 1 heterocycles. The maximum Gasteiger partial charge on any atom is 0.222 e. The summed E-state index contributed by atoms with van der Waals surface area (Å²) in [5.41, 5.74) is 0. The molecule has 0 bridgehead atoms. The summed E-state index contributed by atoms with van der Waals surface area (Å²) in [6.07, 6.45) is 25.5. The first-order valence-electron chi connectivity index (χ1n) is 20.7. The Labute approximate surface area is 301 Å². The molecule has 0 saturated carbocycles. The Balaban J connectivity index is 2.73. The van der Waals surface area contributed by atoms with Crippen molar-refractivity contribution in [2.75, 3.05) is 19.7 Å². The van der Waals surface area contributed by atoms with Crippen LogP contribution in [-0.4, -0.2) is 92.7 Å². The number of carbonyl (C=O) groups is 1. The first-order valence-corrected chi connectivity index (χ1v) is 20.7.